The maximum atomic E-state index is 12.7. The molecule has 2 saturated heterocycles. The molecule has 5 nitrogen and oxygen atoms in total. The maximum absolute atomic E-state index is 12.7. The van der Waals surface area contributed by atoms with E-state index in [0.29, 0.717) is 24.3 Å². The summed E-state index contributed by atoms with van der Waals surface area (Å²) in [5.74, 6) is 0.912. The minimum Gasteiger partial charge on any atom is -0.340 e. The maximum Gasteiger partial charge on any atom is 0.222 e. The summed E-state index contributed by atoms with van der Waals surface area (Å²) in [4.78, 5) is 22.0. The summed E-state index contributed by atoms with van der Waals surface area (Å²) in [5, 5.41) is 0. The molecule has 0 unspecified atom stereocenters. The number of amides is 1. The van der Waals surface area contributed by atoms with Crippen molar-refractivity contribution in [2.75, 3.05) is 60.4 Å². The van der Waals surface area contributed by atoms with Gasteiger partial charge in [-0.3, -0.25) is 9.69 Å². The van der Waals surface area contributed by atoms with E-state index in [1.54, 1.807) is 0 Å². The van der Waals surface area contributed by atoms with E-state index in [1.807, 2.05) is 0 Å². The molecule has 150 valence electrons. The largest absolute Gasteiger partial charge is 0.340 e. The highest BCUT2D eigenvalue weighted by atomic mass is 16.2. The van der Waals surface area contributed by atoms with Crippen molar-refractivity contribution in [3.63, 3.8) is 0 Å². The van der Waals surface area contributed by atoms with Gasteiger partial charge in [0.1, 0.15) is 0 Å². The zero-order chi connectivity index (χ0) is 19.2. The number of nitrogens with zero attached hydrogens (tertiary/aromatic N) is 4. The zero-order valence-corrected chi connectivity index (χ0v) is 17.3. The normalized spacial score (nSPS) is 25.1. The van der Waals surface area contributed by atoms with Crippen molar-refractivity contribution in [1.82, 2.24) is 19.6 Å². The van der Waals surface area contributed by atoms with Gasteiger partial charge < -0.3 is 14.7 Å². The second-order valence-electron chi connectivity index (χ2n) is 8.52. The van der Waals surface area contributed by atoms with E-state index in [-0.39, 0.29) is 0 Å². The van der Waals surface area contributed by atoms with Crippen LogP contribution in [-0.4, -0.2) is 92.0 Å². The molecule has 1 amide bonds. The zero-order valence-electron chi connectivity index (χ0n) is 17.3. The van der Waals surface area contributed by atoms with Crippen LogP contribution in [0.2, 0.25) is 0 Å². The van der Waals surface area contributed by atoms with Gasteiger partial charge in [-0.15, -0.1) is 0 Å². The molecule has 2 aliphatic heterocycles. The topological polar surface area (TPSA) is 30.0 Å². The third kappa shape index (κ3) is 5.77. The van der Waals surface area contributed by atoms with Gasteiger partial charge in [0.15, 0.2) is 0 Å². The molecule has 1 aromatic carbocycles. The average molecular weight is 373 g/mol. The molecule has 0 saturated carbocycles. The molecule has 27 heavy (non-hydrogen) atoms. The van der Waals surface area contributed by atoms with Crippen molar-refractivity contribution in [3.05, 3.63) is 35.9 Å². The number of carbonyl (C=O) groups excluding carboxylic acids is 1. The summed E-state index contributed by atoms with van der Waals surface area (Å²) in [6.07, 6.45) is 2.88. The lowest BCUT2D eigenvalue weighted by Crippen LogP contribution is -2.49. The predicted molar refractivity (Wildman–Crippen MR) is 111 cm³/mol. The minimum atomic E-state index is 0.348. The fourth-order valence-corrected chi connectivity index (χ4v) is 4.57. The Kier molecular flexibility index (Phi) is 7.27. The first-order chi connectivity index (χ1) is 13.0. The number of hydrogen-bond donors (Lipinski definition) is 0. The average Bonchev–Trinajstić information content (AvgIpc) is 2.67. The number of piperazine rings is 1. The Labute approximate surface area is 164 Å². The summed E-state index contributed by atoms with van der Waals surface area (Å²) in [6.45, 7) is 7.02. The molecule has 2 fully saturated rings. The van der Waals surface area contributed by atoms with Gasteiger partial charge in [0.25, 0.3) is 0 Å². The molecule has 0 spiro atoms. The number of piperidine rings is 1. The van der Waals surface area contributed by atoms with Crippen LogP contribution in [0.4, 0.5) is 0 Å². The van der Waals surface area contributed by atoms with Gasteiger partial charge in [-0.1, -0.05) is 30.3 Å². The fourth-order valence-electron chi connectivity index (χ4n) is 4.57. The predicted octanol–water partition coefficient (Wildman–Crippen LogP) is 1.99. The van der Waals surface area contributed by atoms with E-state index in [0.717, 1.165) is 52.2 Å². The Bertz CT molecular complexity index is 583. The molecule has 0 aromatic heterocycles. The van der Waals surface area contributed by atoms with Crippen molar-refractivity contribution in [2.45, 2.75) is 31.8 Å². The molecule has 2 aliphatic rings. The van der Waals surface area contributed by atoms with E-state index in [9.17, 15) is 4.79 Å². The Morgan fingerprint density at radius 2 is 1.78 bits per heavy atom. The third-order valence-corrected chi connectivity index (χ3v) is 6.28. The molecule has 0 radical (unpaired) electrons. The van der Waals surface area contributed by atoms with E-state index in [2.05, 4.69) is 71.1 Å². The molecule has 5 heteroatoms. The van der Waals surface area contributed by atoms with Crippen LogP contribution in [-0.2, 0) is 11.3 Å². The van der Waals surface area contributed by atoms with Gasteiger partial charge in [-0.05, 0) is 52.0 Å². The second kappa shape index (κ2) is 9.67. The summed E-state index contributed by atoms with van der Waals surface area (Å²) < 4.78 is 0. The highest BCUT2D eigenvalue weighted by molar-refractivity contribution is 5.76. The summed E-state index contributed by atoms with van der Waals surface area (Å²) >= 11 is 0. The quantitative estimate of drug-likeness (QED) is 0.764. The first kappa shape index (κ1) is 20.3. The molecular formula is C22H36N4O. The van der Waals surface area contributed by atoms with Gasteiger partial charge in [-0.2, -0.15) is 0 Å². The highest BCUT2D eigenvalue weighted by Crippen LogP contribution is 2.26. The molecule has 2 atom stereocenters. The standard InChI is InChI=1S/C22H36N4O/c1-23(2)21-11-12-25(17-19-7-5-4-6-8-19)18-20(21)9-10-22(27)26-15-13-24(3)14-16-26/h4-8,20-21H,9-18H2,1-3H3/t20-,21+/m0/s1. The van der Waals surface area contributed by atoms with E-state index in [4.69, 9.17) is 0 Å². The SMILES string of the molecule is CN1CCN(C(=O)CC[C@H]2CN(Cc3ccccc3)CC[C@H]2N(C)C)CC1. The van der Waals surface area contributed by atoms with Gasteiger partial charge in [0.2, 0.25) is 5.91 Å². The number of likely N-dealkylation sites (tertiary alicyclic amines) is 1. The molecule has 0 aliphatic carbocycles. The first-order valence-corrected chi connectivity index (χ1v) is 10.4. The Balaban J connectivity index is 1.54. The number of benzene rings is 1. The van der Waals surface area contributed by atoms with Crippen molar-refractivity contribution in [2.24, 2.45) is 5.92 Å². The molecule has 0 bridgehead atoms. The number of hydrogen-bond acceptors (Lipinski definition) is 4. The molecule has 3 rings (SSSR count). The van der Waals surface area contributed by atoms with Gasteiger partial charge in [-0.25, -0.2) is 0 Å². The van der Waals surface area contributed by atoms with Gasteiger partial charge in [0, 0.05) is 51.7 Å². The smallest absolute Gasteiger partial charge is 0.222 e. The minimum absolute atomic E-state index is 0.348. The third-order valence-electron chi connectivity index (χ3n) is 6.28. The van der Waals surface area contributed by atoms with Crippen LogP contribution >= 0.6 is 0 Å². The Hall–Kier alpha value is -1.43. The fraction of sp³-hybridized carbons (Fsp3) is 0.682. The van der Waals surface area contributed by atoms with Gasteiger partial charge in [0.05, 0.1) is 0 Å². The summed E-state index contributed by atoms with van der Waals surface area (Å²) in [5.41, 5.74) is 1.38. The molecule has 2 heterocycles. The van der Waals surface area contributed by atoms with Crippen LogP contribution < -0.4 is 0 Å². The lowest BCUT2D eigenvalue weighted by Gasteiger charge is -2.42. The van der Waals surface area contributed by atoms with Crippen LogP contribution in [0.5, 0.6) is 0 Å². The second-order valence-corrected chi connectivity index (χ2v) is 8.52. The molecular weight excluding hydrogens is 336 g/mol. The van der Waals surface area contributed by atoms with Crippen LogP contribution in [0.25, 0.3) is 0 Å². The monoisotopic (exact) mass is 372 g/mol. The lowest BCUT2D eigenvalue weighted by molar-refractivity contribution is -0.133. The van der Waals surface area contributed by atoms with Crippen LogP contribution in [0.1, 0.15) is 24.8 Å². The van der Waals surface area contributed by atoms with Crippen LogP contribution in [0, 0.1) is 5.92 Å². The van der Waals surface area contributed by atoms with E-state index >= 15 is 0 Å². The first-order valence-electron chi connectivity index (χ1n) is 10.4. The molecule has 1 aromatic rings. The highest BCUT2D eigenvalue weighted by Gasteiger charge is 2.31. The summed E-state index contributed by atoms with van der Waals surface area (Å²) in [7, 11) is 6.51. The van der Waals surface area contributed by atoms with E-state index < -0.39 is 0 Å². The van der Waals surface area contributed by atoms with Crippen molar-refractivity contribution in [1.29, 1.82) is 0 Å². The van der Waals surface area contributed by atoms with Crippen LogP contribution in [0.3, 0.4) is 0 Å². The van der Waals surface area contributed by atoms with E-state index in [1.165, 1.54) is 12.0 Å². The van der Waals surface area contributed by atoms with Crippen molar-refractivity contribution >= 4 is 5.91 Å². The van der Waals surface area contributed by atoms with Crippen LogP contribution in [0.15, 0.2) is 30.3 Å². The van der Waals surface area contributed by atoms with Crippen molar-refractivity contribution in [3.8, 4) is 0 Å². The van der Waals surface area contributed by atoms with Crippen molar-refractivity contribution < 1.29 is 4.79 Å². The summed E-state index contributed by atoms with van der Waals surface area (Å²) in [6, 6.07) is 11.3. The molecule has 0 N–H and O–H groups in total. The number of rotatable bonds is 6. The Morgan fingerprint density at radius 3 is 2.44 bits per heavy atom. The number of carbonyl (C=O) groups is 1. The Morgan fingerprint density at radius 1 is 1.07 bits per heavy atom. The number of likely N-dealkylation sites (N-methyl/N-ethyl adjacent to an activating group) is 1. The lowest BCUT2D eigenvalue weighted by atomic mass is 9.87. The van der Waals surface area contributed by atoms with Gasteiger partial charge >= 0.3 is 0 Å².